The zero-order valence-electron chi connectivity index (χ0n) is 24.3. The summed E-state index contributed by atoms with van der Waals surface area (Å²) in [4.78, 5) is 45.1. The minimum absolute atomic E-state index is 0.0955. The average molecular weight is 586 g/mol. The number of aromatic nitrogens is 1. The van der Waals surface area contributed by atoms with E-state index in [0.717, 1.165) is 35.7 Å². The number of benzene rings is 1. The maximum absolute atomic E-state index is 13.9. The van der Waals surface area contributed by atoms with Crippen molar-refractivity contribution in [2.75, 3.05) is 6.54 Å². The Bertz CT molecular complexity index is 1340. The minimum atomic E-state index is -1.10. The van der Waals surface area contributed by atoms with E-state index >= 15 is 0 Å². The molecule has 0 radical (unpaired) electrons. The molecule has 2 aliphatic heterocycles. The number of nitrogens with one attached hydrogen (secondary N) is 1. The van der Waals surface area contributed by atoms with Crippen molar-refractivity contribution in [2.45, 2.75) is 102 Å². The third kappa shape index (κ3) is 7.12. The Kier molecular flexibility index (Phi) is 9.16. The Morgan fingerprint density at radius 3 is 2.76 bits per heavy atom. The molecular weight excluding hydrogens is 546 g/mol. The van der Waals surface area contributed by atoms with Crippen molar-refractivity contribution in [3.8, 4) is 5.75 Å². The fourth-order valence-electron chi connectivity index (χ4n) is 5.80. The van der Waals surface area contributed by atoms with Gasteiger partial charge in [0.05, 0.1) is 17.8 Å². The third-order valence-electron chi connectivity index (χ3n) is 7.68. The molecule has 1 aromatic heterocycles. The van der Waals surface area contributed by atoms with Gasteiger partial charge in [-0.05, 0) is 78.0 Å². The summed E-state index contributed by atoms with van der Waals surface area (Å²) in [7, 11) is 0. The fourth-order valence-corrected chi connectivity index (χ4v) is 5.97. The average Bonchev–Trinajstić information content (AvgIpc) is 3.26. The van der Waals surface area contributed by atoms with Gasteiger partial charge in [0.1, 0.15) is 29.0 Å². The molecule has 3 heterocycles. The second-order valence-corrected chi connectivity index (χ2v) is 12.5. The van der Waals surface area contributed by atoms with Crippen LogP contribution in [0.1, 0.15) is 77.0 Å². The van der Waals surface area contributed by atoms with E-state index in [1.807, 2.05) is 25.1 Å². The summed E-state index contributed by atoms with van der Waals surface area (Å²) >= 11 is 6.27. The molecule has 10 heteroatoms. The van der Waals surface area contributed by atoms with Crippen LogP contribution >= 0.6 is 11.6 Å². The van der Waals surface area contributed by atoms with Gasteiger partial charge in [-0.1, -0.05) is 30.5 Å². The zero-order valence-corrected chi connectivity index (χ0v) is 25.1. The van der Waals surface area contributed by atoms with Crippen LogP contribution in [0.4, 0.5) is 4.79 Å². The quantitative estimate of drug-likeness (QED) is 0.275. The van der Waals surface area contributed by atoms with E-state index < -0.39 is 41.3 Å². The van der Waals surface area contributed by atoms with Gasteiger partial charge in [0.2, 0.25) is 5.91 Å². The number of hydrogen-bond acceptors (Lipinski definition) is 6. The normalized spacial score (nSPS) is 20.8. The number of aliphatic carboxylic acids is 1. The molecule has 0 aliphatic carbocycles. The summed E-state index contributed by atoms with van der Waals surface area (Å²) in [5.74, 6) is -0.930. The number of hydrogen-bond donors (Lipinski definition) is 2. The number of nitrogens with zero attached hydrogens (tertiary/aromatic N) is 2. The van der Waals surface area contributed by atoms with Crippen LogP contribution < -0.4 is 10.1 Å². The van der Waals surface area contributed by atoms with E-state index in [4.69, 9.17) is 21.1 Å². The van der Waals surface area contributed by atoms with E-state index in [0.29, 0.717) is 42.1 Å². The first-order chi connectivity index (χ1) is 19.3. The smallest absolute Gasteiger partial charge is 0.408 e. The number of halogens is 1. The molecule has 1 spiro atoms. The van der Waals surface area contributed by atoms with Gasteiger partial charge in [0.25, 0.3) is 0 Å². The fraction of sp³-hybridized carbons (Fsp3) is 0.548. The van der Waals surface area contributed by atoms with Gasteiger partial charge >= 0.3 is 12.1 Å². The topological polar surface area (TPSA) is 118 Å². The number of carboxylic acids is 1. The first-order valence-electron chi connectivity index (χ1n) is 14.2. The zero-order chi connectivity index (χ0) is 29.9. The number of aryl methyl sites for hydroxylation is 2. The first-order valence-corrected chi connectivity index (χ1v) is 14.6. The maximum atomic E-state index is 13.9. The summed E-state index contributed by atoms with van der Waals surface area (Å²) < 4.78 is 12.0. The molecule has 1 fully saturated rings. The van der Waals surface area contributed by atoms with E-state index in [-0.39, 0.29) is 13.0 Å². The summed E-state index contributed by atoms with van der Waals surface area (Å²) in [6, 6.07) is 3.54. The highest BCUT2D eigenvalue weighted by Crippen LogP contribution is 2.44. The number of pyridine rings is 1. The molecule has 222 valence electrons. The van der Waals surface area contributed by atoms with Gasteiger partial charge in [-0.3, -0.25) is 4.79 Å². The number of ether oxygens (including phenoxy) is 2. The second kappa shape index (κ2) is 12.3. The molecule has 2 aliphatic rings. The lowest BCUT2D eigenvalue weighted by Gasteiger charge is -2.36. The monoisotopic (exact) mass is 585 g/mol. The van der Waals surface area contributed by atoms with Crippen LogP contribution in [0.25, 0.3) is 10.9 Å². The number of carboxylic acid groups (broad SMARTS) is 1. The number of rotatable bonds is 9. The lowest BCUT2D eigenvalue weighted by molar-refractivity contribution is -0.149. The van der Waals surface area contributed by atoms with Crippen molar-refractivity contribution in [3.63, 3.8) is 0 Å². The molecule has 2 amide bonds. The highest BCUT2D eigenvalue weighted by atomic mass is 35.5. The second-order valence-electron chi connectivity index (χ2n) is 12.1. The molecule has 2 N–H and O–H groups in total. The van der Waals surface area contributed by atoms with Crippen LogP contribution in [0.5, 0.6) is 5.75 Å². The minimum Gasteiger partial charge on any atom is -0.483 e. The van der Waals surface area contributed by atoms with E-state index in [1.165, 1.54) is 4.90 Å². The molecule has 2 aromatic rings. The van der Waals surface area contributed by atoms with Crippen molar-refractivity contribution in [1.29, 1.82) is 0 Å². The van der Waals surface area contributed by atoms with Crippen molar-refractivity contribution in [2.24, 2.45) is 0 Å². The van der Waals surface area contributed by atoms with Gasteiger partial charge in [0.15, 0.2) is 0 Å². The first kappa shape index (κ1) is 30.6. The van der Waals surface area contributed by atoms with Crippen molar-refractivity contribution in [3.05, 3.63) is 47.1 Å². The Labute approximate surface area is 246 Å². The number of unbranched alkanes of at least 4 members (excludes halogenated alkanes) is 3. The summed E-state index contributed by atoms with van der Waals surface area (Å²) in [5.41, 5.74) is 0.883. The van der Waals surface area contributed by atoms with Crippen LogP contribution in [-0.2, 0) is 20.7 Å². The molecule has 1 saturated heterocycles. The third-order valence-corrected chi connectivity index (χ3v) is 7.92. The van der Waals surface area contributed by atoms with Crippen LogP contribution in [0.2, 0.25) is 5.02 Å². The molecule has 1 aromatic carbocycles. The predicted octanol–water partition coefficient (Wildman–Crippen LogP) is 5.98. The van der Waals surface area contributed by atoms with Gasteiger partial charge in [-0.2, -0.15) is 0 Å². The molecule has 3 unspecified atom stereocenters. The summed E-state index contributed by atoms with van der Waals surface area (Å²) in [6.45, 7) is 10.9. The van der Waals surface area contributed by atoms with E-state index in [2.05, 4.69) is 16.9 Å². The molecule has 9 nitrogen and oxygen atoms in total. The largest absolute Gasteiger partial charge is 0.483 e. The standard InChI is InChI=1S/C31H40ClN3O6/c1-6-7-8-9-10-11-24(34-29(39)41-30(3,4)5)27(36)35-18-31(17-25(35)28(37)38)15-14-21-22-16-20(32)12-13-23(22)33-19(2)26(21)40-31/h6,12-13,16,24-25H,1,7-11,14-15,17-18H2,2-5H3,(H,34,39)(H,37,38). The van der Waals surface area contributed by atoms with Crippen molar-refractivity contribution >= 4 is 40.5 Å². The number of alkyl carbamates (subject to hydrolysis) is 1. The predicted molar refractivity (Wildman–Crippen MR) is 157 cm³/mol. The van der Waals surface area contributed by atoms with Crippen LogP contribution in [0, 0.1) is 6.92 Å². The Morgan fingerprint density at radius 1 is 1.32 bits per heavy atom. The number of likely N-dealkylation sites (tertiary alicyclic amines) is 1. The SMILES string of the molecule is C=CCCCCCC(NC(=O)OC(C)(C)C)C(=O)N1CC2(CCc3c(c(C)nc4ccc(Cl)cc34)O2)CC1C(=O)O. The number of fused-ring (bicyclic) bond motifs is 3. The number of carbonyl (C=O) groups excluding carboxylic acids is 2. The number of allylic oxidation sites excluding steroid dienone is 1. The van der Waals surface area contributed by atoms with Gasteiger partial charge in [-0.15, -0.1) is 6.58 Å². The molecule has 3 atom stereocenters. The summed E-state index contributed by atoms with van der Waals surface area (Å²) in [5, 5.41) is 14.4. The van der Waals surface area contributed by atoms with Crippen LogP contribution in [0.15, 0.2) is 30.9 Å². The molecule has 41 heavy (non-hydrogen) atoms. The Hall–Kier alpha value is -3.33. The van der Waals surface area contributed by atoms with Gasteiger partial charge in [0, 0.05) is 22.4 Å². The molecule has 0 saturated carbocycles. The molecule has 4 rings (SSSR count). The van der Waals surface area contributed by atoms with Gasteiger partial charge < -0.3 is 24.8 Å². The maximum Gasteiger partial charge on any atom is 0.408 e. The van der Waals surface area contributed by atoms with Crippen molar-refractivity contribution < 1.29 is 29.0 Å². The van der Waals surface area contributed by atoms with Gasteiger partial charge in [-0.25, -0.2) is 14.6 Å². The lowest BCUT2D eigenvalue weighted by Crippen LogP contribution is -2.53. The van der Waals surface area contributed by atoms with Crippen LogP contribution in [0.3, 0.4) is 0 Å². The van der Waals surface area contributed by atoms with Crippen molar-refractivity contribution in [1.82, 2.24) is 15.2 Å². The Balaban J connectivity index is 1.58. The molecular formula is C31H40ClN3O6. The van der Waals surface area contributed by atoms with Crippen LogP contribution in [-0.4, -0.2) is 62.8 Å². The van der Waals surface area contributed by atoms with E-state index in [1.54, 1.807) is 26.8 Å². The highest BCUT2D eigenvalue weighted by molar-refractivity contribution is 6.31. The molecule has 0 bridgehead atoms. The Morgan fingerprint density at radius 2 is 2.07 bits per heavy atom. The number of amides is 2. The summed E-state index contributed by atoms with van der Waals surface area (Å²) in [6.07, 6.45) is 6.12. The number of carbonyl (C=O) groups is 3. The van der Waals surface area contributed by atoms with E-state index in [9.17, 15) is 19.5 Å². The highest BCUT2D eigenvalue weighted by Gasteiger charge is 2.53. The lowest BCUT2D eigenvalue weighted by atomic mass is 9.87.